The number of ether oxygens (including phenoxy) is 1. The molecule has 0 bridgehead atoms. The molecule has 0 aliphatic rings. The lowest BCUT2D eigenvalue weighted by molar-refractivity contribution is -0.123. The van der Waals surface area contributed by atoms with E-state index in [9.17, 15) is 4.79 Å². The van der Waals surface area contributed by atoms with Gasteiger partial charge in [0.1, 0.15) is 5.75 Å². The van der Waals surface area contributed by atoms with E-state index in [4.69, 9.17) is 4.74 Å². The minimum Gasteiger partial charge on any atom is -0.495 e. The Morgan fingerprint density at radius 1 is 1.00 bits per heavy atom. The van der Waals surface area contributed by atoms with E-state index in [0.29, 0.717) is 11.4 Å². The highest BCUT2D eigenvalue weighted by Gasteiger charge is 2.23. The van der Waals surface area contributed by atoms with Crippen molar-refractivity contribution in [1.29, 1.82) is 0 Å². The Kier molecular flexibility index (Phi) is 4.32. The summed E-state index contributed by atoms with van der Waals surface area (Å²) in [4.78, 5) is 12.3. The van der Waals surface area contributed by atoms with Gasteiger partial charge in [-0.1, -0.05) is 63.2 Å². The van der Waals surface area contributed by atoms with Crippen molar-refractivity contribution < 1.29 is 9.53 Å². The number of rotatable bonds is 3. The van der Waals surface area contributed by atoms with Crippen molar-refractivity contribution >= 4 is 11.6 Å². The van der Waals surface area contributed by atoms with E-state index >= 15 is 0 Å². The second-order valence-corrected chi connectivity index (χ2v) is 5.95. The van der Waals surface area contributed by atoms with Crippen molar-refractivity contribution in [2.24, 2.45) is 5.41 Å². The molecular weight excluding hydrogens is 262 g/mol. The van der Waals surface area contributed by atoms with E-state index in [-0.39, 0.29) is 5.91 Å². The Labute approximate surface area is 126 Å². The molecule has 0 unspecified atom stereocenters. The van der Waals surface area contributed by atoms with Crippen LogP contribution in [0.4, 0.5) is 5.69 Å². The number of carbonyl (C=O) groups is 1. The minimum absolute atomic E-state index is 0.0378. The molecule has 0 aliphatic heterocycles. The summed E-state index contributed by atoms with van der Waals surface area (Å²) in [6, 6.07) is 15.7. The third kappa shape index (κ3) is 3.43. The van der Waals surface area contributed by atoms with E-state index in [2.05, 4.69) is 5.32 Å². The number of hydrogen-bond donors (Lipinski definition) is 1. The molecule has 1 N–H and O–H groups in total. The topological polar surface area (TPSA) is 38.3 Å². The molecular formula is C18H21NO2. The van der Waals surface area contributed by atoms with Gasteiger partial charge in [-0.25, -0.2) is 0 Å². The molecule has 0 spiro atoms. The molecule has 110 valence electrons. The molecule has 2 rings (SSSR count). The molecule has 0 aromatic heterocycles. The van der Waals surface area contributed by atoms with Gasteiger partial charge >= 0.3 is 0 Å². The average Bonchev–Trinajstić information content (AvgIpc) is 2.47. The van der Waals surface area contributed by atoms with Crippen molar-refractivity contribution in [2.45, 2.75) is 20.8 Å². The number of amides is 1. The summed E-state index contributed by atoms with van der Waals surface area (Å²) >= 11 is 0. The highest BCUT2D eigenvalue weighted by molar-refractivity contribution is 6.00. The molecule has 0 aliphatic carbocycles. The molecule has 0 heterocycles. The van der Waals surface area contributed by atoms with E-state index in [1.54, 1.807) is 7.11 Å². The largest absolute Gasteiger partial charge is 0.495 e. The first kappa shape index (κ1) is 15.1. The van der Waals surface area contributed by atoms with Crippen molar-refractivity contribution in [1.82, 2.24) is 0 Å². The Morgan fingerprint density at radius 3 is 2.24 bits per heavy atom. The van der Waals surface area contributed by atoms with Crippen LogP contribution in [0.1, 0.15) is 20.8 Å². The maximum absolute atomic E-state index is 12.3. The molecule has 0 radical (unpaired) electrons. The zero-order valence-electron chi connectivity index (χ0n) is 12.9. The number of anilines is 1. The summed E-state index contributed by atoms with van der Waals surface area (Å²) in [5, 5.41) is 3.00. The molecule has 2 aromatic carbocycles. The van der Waals surface area contributed by atoms with Gasteiger partial charge in [0.2, 0.25) is 5.91 Å². The summed E-state index contributed by atoms with van der Waals surface area (Å²) < 4.78 is 5.41. The molecule has 0 atom stereocenters. The van der Waals surface area contributed by atoms with Crippen LogP contribution in [-0.2, 0) is 4.79 Å². The fraction of sp³-hybridized carbons (Fsp3) is 0.278. The summed E-state index contributed by atoms with van der Waals surface area (Å²) in [5.74, 6) is 0.623. The van der Waals surface area contributed by atoms with Crippen LogP contribution >= 0.6 is 0 Å². The Balaban J connectivity index is 2.50. The van der Waals surface area contributed by atoms with Gasteiger partial charge in [-0.3, -0.25) is 4.79 Å². The smallest absolute Gasteiger partial charge is 0.229 e. The van der Waals surface area contributed by atoms with Crippen molar-refractivity contribution in [3.8, 4) is 16.9 Å². The van der Waals surface area contributed by atoms with Crippen molar-refractivity contribution in [2.75, 3.05) is 12.4 Å². The second kappa shape index (κ2) is 6.00. The van der Waals surface area contributed by atoms with Crippen LogP contribution in [-0.4, -0.2) is 13.0 Å². The van der Waals surface area contributed by atoms with Crippen LogP contribution in [0, 0.1) is 5.41 Å². The highest BCUT2D eigenvalue weighted by atomic mass is 16.5. The van der Waals surface area contributed by atoms with E-state index in [1.807, 2.05) is 69.3 Å². The lowest BCUT2D eigenvalue weighted by Crippen LogP contribution is -2.28. The van der Waals surface area contributed by atoms with Gasteiger partial charge in [0.25, 0.3) is 0 Å². The lowest BCUT2D eigenvalue weighted by Gasteiger charge is -2.21. The maximum atomic E-state index is 12.3. The molecule has 0 saturated carbocycles. The summed E-state index contributed by atoms with van der Waals surface area (Å²) in [7, 11) is 1.61. The molecule has 0 fully saturated rings. The highest BCUT2D eigenvalue weighted by Crippen LogP contribution is 2.36. The Hall–Kier alpha value is -2.29. The quantitative estimate of drug-likeness (QED) is 0.909. The van der Waals surface area contributed by atoms with Crippen LogP contribution in [0.2, 0.25) is 0 Å². The molecule has 3 nitrogen and oxygen atoms in total. The van der Waals surface area contributed by atoms with Gasteiger partial charge in [0.05, 0.1) is 12.8 Å². The lowest BCUT2D eigenvalue weighted by atomic mass is 9.94. The van der Waals surface area contributed by atoms with Crippen molar-refractivity contribution in [3.05, 3.63) is 48.5 Å². The third-order valence-corrected chi connectivity index (χ3v) is 3.25. The monoisotopic (exact) mass is 283 g/mol. The molecule has 1 amide bonds. The number of methoxy groups -OCH3 is 1. The zero-order valence-corrected chi connectivity index (χ0v) is 12.9. The number of hydrogen-bond acceptors (Lipinski definition) is 2. The zero-order chi connectivity index (χ0) is 15.5. The summed E-state index contributed by atoms with van der Waals surface area (Å²) in [6.07, 6.45) is 0. The molecule has 0 saturated heterocycles. The van der Waals surface area contributed by atoms with E-state index in [0.717, 1.165) is 11.1 Å². The van der Waals surface area contributed by atoms with Gasteiger partial charge in [-0.05, 0) is 11.6 Å². The normalized spacial score (nSPS) is 11.0. The van der Waals surface area contributed by atoms with Gasteiger partial charge in [0.15, 0.2) is 0 Å². The summed E-state index contributed by atoms with van der Waals surface area (Å²) in [6.45, 7) is 5.67. The second-order valence-electron chi connectivity index (χ2n) is 5.95. The van der Waals surface area contributed by atoms with Gasteiger partial charge in [0, 0.05) is 11.0 Å². The van der Waals surface area contributed by atoms with Gasteiger partial charge in [-0.2, -0.15) is 0 Å². The number of benzene rings is 2. The van der Waals surface area contributed by atoms with Crippen LogP contribution < -0.4 is 10.1 Å². The SMILES string of the molecule is COc1cccc(-c2ccccc2)c1NC(=O)C(C)(C)C. The molecule has 3 heteroatoms. The Bertz CT molecular complexity index is 627. The fourth-order valence-corrected chi connectivity index (χ4v) is 1.99. The molecule has 21 heavy (non-hydrogen) atoms. The average molecular weight is 283 g/mol. The predicted octanol–water partition coefficient (Wildman–Crippen LogP) is 4.35. The first-order chi connectivity index (χ1) is 9.93. The standard InChI is InChI=1S/C18H21NO2/c1-18(2,3)17(20)19-16-14(11-8-12-15(16)21-4)13-9-6-5-7-10-13/h5-12H,1-4H3,(H,19,20). The minimum atomic E-state index is -0.463. The van der Waals surface area contributed by atoms with E-state index in [1.165, 1.54) is 0 Å². The van der Waals surface area contributed by atoms with Crippen LogP contribution in [0.15, 0.2) is 48.5 Å². The summed E-state index contributed by atoms with van der Waals surface area (Å²) in [5.41, 5.74) is 2.24. The van der Waals surface area contributed by atoms with Gasteiger partial charge < -0.3 is 10.1 Å². The fourth-order valence-electron chi connectivity index (χ4n) is 1.99. The maximum Gasteiger partial charge on any atom is 0.229 e. The Morgan fingerprint density at radius 2 is 1.67 bits per heavy atom. The van der Waals surface area contributed by atoms with Gasteiger partial charge in [-0.15, -0.1) is 0 Å². The van der Waals surface area contributed by atoms with Crippen LogP contribution in [0.3, 0.4) is 0 Å². The van der Waals surface area contributed by atoms with Crippen LogP contribution in [0.25, 0.3) is 11.1 Å². The molecule has 2 aromatic rings. The number of carbonyl (C=O) groups excluding carboxylic acids is 1. The van der Waals surface area contributed by atoms with Crippen LogP contribution in [0.5, 0.6) is 5.75 Å². The van der Waals surface area contributed by atoms with E-state index < -0.39 is 5.41 Å². The third-order valence-electron chi connectivity index (χ3n) is 3.25. The first-order valence-electron chi connectivity index (χ1n) is 6.97. The predicted molar refractivity (Wildman–Crippen MR) is 86.5 cm³/mol. The number of nitrogens with one attached hydrogen (secondary N) is 1. The van der Waals surface area contributed by atoms with Crippen molar-refractivity contribution in [3.63, 3.8) is 0 Å². The number of para-hydroxylation sites is 1. The first-order valence-corrected chi connectivity index (χ1v) is 6.97.